The topological polar surface area (TPSA) is 74.4 Å². The molecule has 98 valence electrons. The average Bonchev–Trinajstić information content (AvgIpc) is 2.46. The zero-order chi connectivity index (χ0) is 12.8. The number of pyridine rings is 1. The summed E-state index contributed by atoms with van der Waals surface area (Å²) in [6.45, 7) is 2.38. The van der Waals surface area contributed by atoms with Crippen LogP contribution >= 0.6 is 0 Å². The van der Waals surface area contributed by atoms with Gasteiger partial charge in [0.1, 0.15) is 5.69 Å². The fourth-order valence-electron chi connectivity index (χ4n) is 1.85. The van der Waals surface area contributed by atoms with Crippen molar-refractivity contribution in [3.05, 3.63) is 29.6 Å². The zero-order valence-corrected chi connectivity index (χ0v) is 10.3. The molecule has 1 aliphatic heterocycles. The maximum atomic E-state index is 11.7. The molecular weight excluding hydrogens is 232 g/mol. The molecule has 1 fully saturated rings. The van der Waals surface area contributed by atoms with Crippen molar-refractivity contribution in [3.8, 4) is 0 Å². The molecule has 0 bridgehead atoms. The van der Waals surface area contributed by atoms with Crippen molar-refractivity contribution in [2.45, 2.75) is 19.4 Å². The Kier molecular flexibility index (Phi) is 4.66. The van der Waals surface area contributed by atoms with Crippen molar-refractivity contribution < 1.29 is 14.3 Å². The second-order valence-corrected chi connectivity index (χ2v) is 4.41. The van der Waals surface area contributed by atoms with Gasteiger partial charge in [-0.3, -0.25) is 0 Å². The molecule has 18 heavy (non-hydrogen) atoms. The highest BCUT2D eigenvalue weighted by atomic mass is 16.5. The number of carbonyl (C=O) groups is 1. The summed E-state index contributed by atoms with van der Waals surface area (Å²) in [5, 5.41) is 0. The van der Waals surface area contributed by atoms with Gasteiger partial charge in [0.05, 0.1) is 6.61 Å². The molecule has 0 saturated carbocycles. The van der Waals surface area contributed by atoms with Crippen molar-refractivity contribution in [3.63, 3.8) is 0 Å². The lowest BCUT2D eigenvalue weighted by atomic mass is 10.0. The summed E-state index contributed by atoms with van der Waals surface area (Å²) in [5.74, 6) is 0.0380. The summed E-state index contributed by atoms with van der Waals surface area (Å²) >= 11 is 0. The van der Waals surface area contributed by atoms with E-state index in [2.05, 4.69) is 4.98 Å². The highest BCUT2D eigenvalue weighted by Crippen LogP contribution is 2.15. The summed E-state index contributed by atoms with van der Waals surface area (Å²) in [6, 6.07) is 3.44. The molecule has 2 heterocycles. The normalized spacial score (nSPS) is 16.5. The van der Waals surface area contributed by atoms with Crippen molar-refractivity contribution in [1.82, 2.24) is 4.98 Å². The van der Waals surface area contributed by atoms with Gasteiger partial charge < -0.3 is 15.2 Å². The van der Waals surface area contributed by atoms with Crippen LogP contribution in [0, 0.1) is 5.92 Å². The monoisotopic (exact) mass is 250 g/mol. The van der Waals surface area contributed by atoms with E-state index in [4.69, 9.17) is 15.2 Å². The van der Waals surface area contributed by atoms with E-state index in [0.717, 1.165) is 31.6 Å². The maximum Gasteiger partial charge on any atom is 0.356 e. The number of nitrogens with two attached hydrogens (primary N) is 1. The number of aromatic nitrogens is 1. The summed E-state index contributed by atoms with van der Waals surface area (Å²) in [6.07, 6.45) is 3.50. The maximum absolute atomic E-state index is 11.7. The molecule has 0 spiro atoms. The number of hydrogen-bond acceptors (Lipinski definition) is 5. The molecule has 2 rings (SSSR count). The number of nitrogens with zero attached hydrogens (tertiary/aromatic N) is 1. The number of carbonyl (C=O) groups excluding carboxylic acids is 1. The van der Waals surface area contributed by atoms with Crippen LogP contribution in [0.25, 0.3) is 0 Å². The lowest BCUT2D eigenvalue weighted by molar-refractivity contribution is 0.0181. The van der Waals surface area contributed by atoms with Gasteiger partial charge in [0.25, 0.3) is 0 Å². The van der Waals surface area contributed by atoms with Crippen LogP contribution in [-0.4, -0.2) is 30.8 Å². The predicted molar refractivity (Wildman–Crippen MR) is 66.0 cm³/mol. The third-order valence-corrected chi connectivity index (χ3v) is 3.06. The van der Waals surface area contributed by atoms with E-state index in [9.17, 15) is 4.79 Å². The second-order valence-electron chi connectivity index (χ2n) is 4.41. The van der Waals surface area contributed by atoms with Gasteiger partial charge in [-0.1, -0.05) is 6.07 Å². The summed E-state index contributed by atoms with van der Waals surface area (Å²) < 4.78 is 10.5. The van der Waals surface area contributed by atoms with Gasteiger partial charge in [-0.2, -0.15) is 0 Å². The Labute approximate surface area is 106 Å². The molecule has 1 saturated heterocycles. The Hall–Kier alpha value is -1.46. The molecule has 1 aromatic heterocycles. The standard InChI is InChI=1S/C13H18N2O3/c14-7-11-1-2-12(15-8-11)13(16)18-9-10-3-5-17-6-4-10/h1-2,8,10H,3-7,9,14H2. The smallest absolute Gasteiger partial charge is 0.356 e. The third kappa shape index (κ3) is 3.51. The Bertz CT molecular complexity index is 386. The zero-order valence-electron chi connectivity index (χ0n) is 10.3. The minimum absolute atomic E-state index is 0.333. The fraction of sp³-hybridized carbons (Fsp3) is 0.538. The van der Waals surface area contributed by atoms with Crippen LogP contribution in [0.2, 0.25) is 0 Å². The molecule has 0 unspecified atom stereocenters. The SMILES string of the molecule is NCc1ccc(C(=O)OCC2CCOCC2)nc1. The quantitative estimate of drug-likeness (QED) is 0.811. The first-order valence-corrected chi connectivity index (χ1v) is 6.19. The van der Waals surface area contributed by atoms with Crippen LogP contribution in [0.1, 0.15) is 28.9 Å². The first kappa shape index (κ1) is 13.0. The Morgan fingerprint density at radius 3 is 2.83 bits per heavy atom. The molecule has 1 aromatic rings. The van der Waals surface area contributed by atoms with Crippen LogP contribution in [0.3, 0.4) is 0 Å². The Balaban J connectivity index is 1.82. The van der Waals surface area contributed by atoms with Gasteiger partial charge in [-0.05, 0) is 30.4 Å². The molecule has 5 nitrogen and oxygen atoms in total. The summed E-state index contributed by atoms with van der Waals surface area (Å²) in [4.78, 5) is 15.8. The summed E-state index contributed by atoms with van der Waals surface area (Å²) in [5.41, 5.74) is 6.70. The van der Waals surface area contributed by atoms with Gasteiger partial charge >= 0.3 is 5.97 Å². The molecule has 0 aliphatic carbocycles. The van der Waals surface area contributed by atoms with E-state index in [-0.39, 0.29) is 5.97 Å². The highest BCUT2D eigenvalue weighted by Gasteiger charge is 2.17. The minimum Gasteiger partial charge on any atom is -0.461 e. The minimum atomic E-state index is -0.370. The molecular formula is C13H18N2O3. The van der Waals surface area contributed by atoms with Gasteiger partial charge in [0.15, 0.2) is 0 Å². The first-order valence-electron chi connectivity index (χ1n) is 6.19. The molecule has 0 amide bonds. The highest BCUT2D eigenvalue weighted by molar-refractivity contribution is 5.87. The van der Waals surface area contributed by atoms with Crippen LogP contribution in [0.15, 0.2) is 18.3 Å². The van der Waals surface area contributed by atoms with Crippen LogP contribution in [0.4, 0.5) is 0 Å². The number of ether oxygens (including phenoxy) is 2. The number of rotatable bonds is 4. The third-order valence-electron chi connectivity index (χ3n) is 3.06. The molecule has 2 N–H and O–H groups in total. The Morgan fingerprint density at radius 1 is 1.44 bits per heavy atom. The predicted octanol–water partition coefficient (Wildman–Crippen LogP) is 1.12. The summed E-state index contributed by atoms with van der Waals surface area (Å²) in [7, 11) is 0. The lowest BCUT2D eigenvalue weighted by Gasteiger charge is -2.21. The van der Waals surface area contributed by atoms with E-state index in [0.29, 0.717) is 24.8 Å². The molecule has 0 radical (unpaired) electrons. The van der Waals surface area contributed by atoms with Gasteiger partial charge in [0, 0.05) is 26.0 Å². The molecule has 1 aliphatic rings. The van der Waals surface area contributed by atoms with E-state index in [1.54, 1.807) is 18.3 Å². The van der Waals surface area contributed by atoms with Gasteiger partial charge in [-0.15, -0.1) is 0 Å². The lowest BCUT2D eigenvalue weighted by Crippen LogP contribution is -2.22. The molecule has 0 atom stereocenters. The van der Waals surface area contributed by atoms with Crippen LogP contribution in [-0.2, 0) is 16.0 Å². The molecule has 5 heteroatoms. The van der Waals surface area contributed by atoms with Crippen LogP contribution in [0.5, 0.6) is 0 Å². The van der Waals surface area contributed by atoms with E-state index in [1.165, 1.54) is 0 Å². The first-order chi connectivity index (χ1) is 8.79. The van der Waals surface area contributed by atoms with Crippen LogP contribution < -0.4 is 5.73 Å². The molecule has 0 aromatic carbocycles. The van der Waals surface area contributed by atoms with E-state index >= 15 is 0 Å². The van der Waals surface area contributed by atoms with Crippen molar-refractivity contribution in [2.24, 2.45) is 11.7 Å². The van der Waals surface area contributed by atoms with Crippen molar-refractivity contribution in [1.29, 1.82) is 0 Å². The largest absolute Gasteiger partial charge is 0.461 e. The Morgan fingerprint density at radius 2 is 2.22 bits per heavy atom. The van der Waals surface area contributed by atoms with E-state index < -0.39 is 0 Å². The second kappa shape index (κ2) is 6.47. The average molecular weight is 250 g/mol. The number of esters is 1. The van der Waals surface area contributed by atoms with Crippen molar-refractivity contribution >= 4 is 5.97 Å². The van der Waals surface area contributed by atoms with Gasteiger partial charge in [-0.25, -0.2) is 9.78 Å². The number of hydrogen-bond donors (Lipinski definition) is 1. The van der Waals surface area contributed by atoms with Crippen molar-refractivity contribution in [2.75, 3.05) is 19.8 Å². The fourth-order valence-corrected chi connectivity index (χ4v) is 1.85. The van der Waals surface area contributed by atoms with Gasteiger partial charge in [0.2, 0.25) is 0 Å². The van der Waals surface area contributed by atoms with E-state index in [1.807, 2.05) is 0 Å².